The lowest BCUT2D eigenvalue weighted by molar-refractivity contribution is 0.0941. The number of hydrogen-bond acceptors (Lipinski definition) is 3. The second kappa shape index (κ2) is 4.66. The molecule has 5 heteroatoms. The molecule has 0 fully saturated rings. The third-order valence-electron chi connectivity index (χ3n) is 1.80. The number of aromatic nitrogens is 1. The summed E-state index contributed by atoms with van der Waals surface area (Å²) in [5, 5.41) is 11.6. The van der Waals surface area contributed by atoms with Crippen molar-refractivity contribution in [1.29, 1.82) is 0 Å². The molecule has 0 aliphatic heterocycles. The van der Waals surface area contributed by atoms with E-state index in [1.165, 1.54) is 0 Å². The fourth-order valence-corrected chi connectivity index (χ4v) is 1.03. The molecule has 78 valence electrons. The Hall–Kier alpha value is -1.49. The van der Waals surface area contributed by atoms with Crippen LogP contribution in [0.2, 0.25) is 0 Å². The molecule has 0 saturated heterocycles. The first kappa shape index (κ1) is 10.6. The Morgan fingerprint density at radius 1 is 1.79 bits per heavy atom. The van der Waals surface area contributed by atoms with Crippen LogP contribution in [-0.2, 0) is 0 Å². The van der Waals surface area contributed by atoms with Gasteiger partial charge in [0.15, 0.2) is 0 Å². The monoisotopic (exact) mass is 197 g/mol. The summed E-state index contributed by atoms with van der Waals surface area (Å²) in [4.78, 5) is 14.1. The summed E-state index contributed by atoms with van der Waals surface area (Å²) in [7, 11) is 0. The van der Waals surface area contributed by atoms with Gasteiger partial charge in [-0.25, -0.2) is 0 Å². The van der Waals surface area contributed by atoms with Crippen LogP contribution < -0.4 is 11.1 Å². The Morgan fingerprint density at radius 3 is 3.00 bits per heavy atom. The molecule has 1 heterocycles. The molecule has 5 N–H and O–H groups in total. The number of aliphatic hydroxyl groups is 1. The Kier molecular flexibility index (Phi) is 3.53. The zero-order valence-corrected chi connectivity index (χ0v) is 8.08. The Morgan fingerprint density at radius 2 is 2.50 bits per heavy atom. The topological polar surface area (TPSA) is 91.1 Å². The summed E-state index contributed by atoms with van der Waals surface area (Å²) >= 11 is 0. The summed E-state index contributed by atoms with van der Waals surface area (Å²) < 4.78 is 0. The standard InChI is InChI=1S/C9H15N3O2/c1-6(13)2-3-11-9(14)8-4-7(10)5-12-8/h4-6,12-13H,2-3,10H2,1H3,(H,11,14). The third-order valence-corrected chi connectivity index (χ3v) is 1.80. The maximum absolute atomic E-state index is 11.4. The van der Waals surface area contributed by atoms with E-state index in [0.29, 0.717) is 24.3 Å². The number of nitrogens with two attached hydrogens (primary N) is 1. The van der Waals surface area contributed by atoms with E-state index in [1.807, 2.05) is 0 Å². The summed E-state index contributed by atoms with van der Waals surface area (Å²) in [5.41, 5.74) is 6.41. The lowest BCUT2D eigenvalue weighted by atomic mass is 10.3. The van der Waals surface area contributed by atoms with Crippen molar-refractivity contribution in [2.75, 3.05) is 12.3 Å². The number of amides is 1. The number of hydrogen-bond donors (Lipinski definition) is 4. The minimum absolute atomic E-state index is 0.206. The van der Waals surface area contributed by atoms with Gasteiger partial charge in [-0.05, 0) is 19.4 Å². The highest BCUT2D eigenvalue weighted by Crippen LogP contribution is 2.03. The van der Waals surface area contributed by atoms with E-state index < -0.39 is 6.10 Å². The van der Waals surface area contributed by atoms with Crippen molar-refractivity contribution >= 4 is 11.6 Å². The van der Waals surface area contributed by atoms with Gasteiger partial charge in [0.2, 0.25) is 0 Å². The molecule has 0 aromatic carbocycles. The van der Waals surface area contributed by atoms with Crippen molar-refractivity contribution in [1.82, 2.24) is 10.3 Å². The summed E-state index contributed by atoms with van der Waals surface area (Å²) in [6.45, 7) is 2.13. The fourth-order valence-electron chi connectivity index (χ4n) is 1.03. The van der Waals surface area contributed by atoms with Crippen LogP contribution in [0.5, 0.6) is 0 Å². The van der Waals surface area contributed by atoms with Gasteiger partial charge in [0.25, 0.3) is 5.91 Å². The van der Waals surface area contributed by atoms with E-state index in [9.17, 15) is 4.79 Å². The van der Waals surface area contributed by atoms with E-state index >= 15 is 0 Å². The van der Waals surface area contributed by atoms with Gasteiger partial charge in [-0.1, -0.05) is 0 Å². The molecular weight excluding hydrogens is 182 g/mol. The molecule has 1 rings (SSSR count). The molecule has 0 spiro atoms. The molecule has 1 amide bonds. The molecule has 5 nitrogen and oxygen atoms in total. The first-order chi connectivity index (χ1) is 6.59. The SMILES string of the molecule is CC(O)CCNC(=O)c1cc(N)c[nH]1. The van der Waals surface area contributed by atoms with Crippen LogP contribution >= 0.6 is 0 Å². The summed E-state index contributed by atoms with van der Waals surface area (Å²) in [6, 6.07) is 1.57. The molecule has 14 heavy (non-hydrogen) atoms. The van der Waals surface area contributed by atoms with Crippen molar-refractivity contribution < 1.29 is 9.90 Å². The molecule has 0 radical (unpaired) electrons. The van der Waals surface area contributed by atoms with Crippen LogP contribution in [0.4, 0.5) is 5.69 Å². The van der Waals surface area contributed by atoms with Crippen LogP contribution in [-0.4, -0.2) is 28.6 Å². The van der Waals surface area contributed by atoms with Crippen LogP contribution in [0.25, 0.3) is 0 Å². The van der Waals surface area contributed by atoms with Crippen LogP contribution in [0.15, 0.2) is 12.3 Å². The molecule has 1 aromatic rings. The van der Waals surface area contributed by atoms with Gasteiger partial charge < -0.3 is 21.1 Å². The Balaban J connectivity index is 2.36. The molecule has 0 aliphatic carbocycles. The van der Waals surface area contributed by atoms with Gasteiger partial charge in [-0.2, -0.15) is 0 Å². The number of H-pyrrole nitrogens is 1. The number of nitrogens with one attached hydrogen (secondary N) is 2. The minimum Gasteiger partial charge on any atom is -0.397 e. The quantitative estimate of drug-likeness (QED) is 0.551. The highest BCUT2D eigenvalue weighted by molar-refractivity contribution is 5.93. The van der Waals surface area contributed by atoms with E-state index in [2.05, 4.69) is 10.3 Å². The largest absolute Gasteiger partial charge is 0.397 e. The van der Waals surface area contributed by atoms with Crippen molar-refractivity contribution in [3.8, 4) is 0 Å². The molecule has 0 aliphatic rings. The highest BCUT2D eigenvalue weighted by atomic mass is 16.3. The highest BCUT2D eigenvalue weighted by Gasteiger charge is 2.06. The number of aliphatic hydroxyl groups excluding tert-OH is 1. The van der Waals surface area contributed by atoms with Gasteiger partial charge >= 0.3 is 0 Å². The average molecular weight is 197 g/mol. The maximum atomic E-state index is 11.4. The van der Waals surface area contributed by atoms with Crippen molar-refractivity contribution in [2.24, 2.45) is 0 Å². The van der Waals surface area contributed by atoms with Gasteiger partial charge in [-0.15, -0.1) is 0 Å². The zero-order chi connectivity index (χ0) is 10.6. The van der Waals surface area contributed by atoms with E-state index in [4.69, 9.17) is 10.8 Å². The van der Waals surface area contributed by atoms with E-state index in [-0.39, 0.29) is 5.91 Å². The zero-order valence-electron chi connectivity index (χ0n) is 8.08. The minimum atomic E-state index is -0.399. The van der Waals surface area contributed by atoms with E-state index in [1.54, 1.807) is 19.2 Å². The number of anilines is 1. The molecule has 1 atom stereocenters. The molecular formula is C9H15N3O2. The first-order valence-corrected chi connectivity index (χ1v) is 4.49. The van der Waals surface area contributed by atoms with Crippen LogP contribution in [0.1, 0.15) is 23.8 Å². The molecule has 0 bridgehead atoms. The smallest absolute Gasteiger partial charge is 0.267 e. The Bertz CT molecular complexity index is 307. The fraction of sp³-hybridized carbons (Fsp3) is 0.444. The average Bonchev–Trinajstić information content (AvgIpc) is 2.51. The lowest BCUT2D eigenvalue weighted by Gasteiger charge is -2.05. The van der Waals surface area contributed by atoms with Gasteiger partial charge in [0.05, 0.1) is 6.10 Å². The number of nitrogen functional groups attached to an aromatic ring is 1. The predicted molar refractivity (Wildman–Crippen MR) is 53.8 cm³/mol. The van der Waals surface area contributed by atoms with Crippen LogP contribution in [0.3, 0.4) is 0 Å². The van der Waals surface area contributed by atoms with Crippen molar-refractivity contribution in [2.45, 2.75) is 19.4 Å². The van der Waals surface area contributed by atoms with Crippen molar-refractivity contribution in [3.05, 3.63) is 18.0 Å². The first-order valence-electron chi connectivity index (χ1n) is 4.49. The van der Waals surface area contributed by atoms with Gasteiger partial charge in [0, 0.05) is 18.4 Å². The molecule has 0 saturated carbocycles. The molecule has 1 aromatic heterocycles. The van der Waals surface area contributed by atoms with Crippen LogP contribution in [0, 0.1) is 0 Å². The second-order valence-corrected chi connectivity index (χ2v) is 3.24. The number of carbonyl (C=O) groups excluding carboxylic acids is 1. The van der Waals surface area contributed by atoms with E-state index in [0.717, 1.165) is 0 Å². The van der Waals surface area contributed by atoms with Crippen molar-refractivity contribution in [3.63, 3.8) is 0 Å². The summed E-state index contributed by atoms with van der Waals surface area (Å²) in [6.07, 6.45) is 1.70. The lowest BCUT2D eigenvalue weighted by Crippen LogP contribution is -2.26. The predicted octanol–water partition coefficient (Wildman–Crippen LogP) is 0.0976. The maximum Gasteiger partial charge on any atom is 0.267 e. The van der Waals surface area contributed by atoms with Gasteiger partial charge in [-0.3, -0.25) is 4.79 Å². The third kappa shape index (κ3) is 3.10. The number of rotatable bonds is 4. The second-order valence-electron chi connectivity index (χ2n) is 3.24. The number of aromatic amines is 1. The Labute approximate surface area is 82.3 Å². The summed E-state index contributed by atoms with van der Waals surface area (Å²) in [5.74, 6) is -0.206. The van der Waals surface area contributed by atoms with Gasteiger partial charge in [0.1, 0.15) is 5.69 Å². The number of carbonyl (C=O) groups is 1. The molecule has 1 unspecified atom stereocenters. The normalized spacial score (nSPS) is 12.4.